The lowest BCUT2D eigenvalue weighted by atomic mass is 9.96. The van der Waals surface area contributed by atoms with Crippen molar-refractivity contribution in [1.29, 1.82) is 0 Å². The van der Waals surface area contributed by atoms with Crippen LogP contribution in [0, 0.1) is 17.0 Å². The highest BCUT2D eigenvalue weighted by Gasteiger charge is 2.48. The molecule has 0 spiro atoms. The van der Waals surface area contributed by atoms with Crippen molar-refractivity contribution in [3.63, 3.8) is 0 Å². The summed E-state index contributed by atoms with van der Waals surface area (Å²) in [4.78, 5) is 46.8. The number of amides is 1. The third kappa shape index (κ3) is 3.50. The summed E-state index contributed by atoms with van der Waals surface area (Å²) in [5, 5.41) is 22.4. The number of hydrogen-bond acceptors (Lipinski definition) is 8. The highest BCUT2D eigenvalue weighted by atomic mass is 32.1. The minimum absolute atomic E-state index is 0.0768. The molecule has 0 radical (unpaired) electrons. The van der Waals surface area contributed by atoms with Crippen molar-refractivity contribution in [2.75, 3.05) is 4.90 Å². The van der Waals surface area contributed by atoms with Crippen LogP contribution in [0.5, 0.6) is 0 Å². The number of nitro groups is 1. The number of aryl methyl sites for hydroxylation is 1. The average molecular weight is 472 g/mol. The Kier molecular flexibility index (Phi) is 5.14. The van der Waals surface area contributed by atoms with Crippen LogP contribution in [0.15, 0.2) is 72.6 Å². The first kappa shape index (κ1) is 21.4. The smallest absolute Gasteiger partial charge is 0.301 e. The molecule has 2 aromatic carbocycles. The van der Waals surface area contributed by atoms with E-state index in [0.29, 0.717) is 21.3 Å². The second kappa shape index (κ2) is 8.16. The van der Waals surface area contributed by atoms with Crippen molar-refractivity contribution in [1.82, 2.24) is 9.97 Å². The van der Waals surface area contributed by atoms with Gasteiger partial charge in [0.25, 0.3) is 11.5 Å². The Morgan fingerprint density at radius 2 is 1.91 bits per heavy atom. The molecule has 2 aromatic heterocycles. The Bertz CT molecular complexity index is 1500. The molecule has 1 aliphatic heterocycles. The number of nitro benzene ring substituents is 1. The lowest BCUT2D eigenvalue weighted by Crippen LogP contribution is -2.29. The molecule has 1 unspecified atom stereocenters. The van der Waals surface area contributed by atoms with Gasteiger partial charge in [-0.25, -0.2) is 4.98 Å². The zero-order chi connectivity index (χ0) is 24.0. The van der Waals surface area contributed by atoms with E-state index < -0.39 is 22.7 Å². The second-order valence-electron chi connectivity index (χ2n) is 7.73. The standard InChI is InChI=1S/C24H16N4O5S/c1-13-4-6-14(7-5-13)21(29)19-20(15-3-2-10-25-12-15)27(23(31)22(19)30)24-26-17-9-8-16(28(32)33)11-18(17)34-24/h2-12,20,29H,1H3/b21-19+. The monoisotopic (exact) mass is 472 g/mol. The van der Waals surface area contributed by atoms with Gasteiger partial charge in [-0.15, -0.1) is 0 Å². The van der Waals surface area contributed by atoms with E-state index >= 15 is 0 Å². The molecule has 1 atom stereocenters. The van der Waals surface area contributed by atoms with Crippen molar-refractivity contribution in [3.05, 3.63) is 99.4 Å². The molecule has 0 aliphatic carbocycles. The topological polar surface area (TPSA) is 127 Å². The summed E-state index contributed by atoms with van der Waals surface area (Å²) in [5.41, 5.74) is 2.17. The SMILES string of the molecule is Cc1ccc(/C(O)=C2\C(=O)C(=O)N(c3nc4ccc([N+](=O)[O-])cc4s3)C2c2cccnc2)cc1. The van der Waals surface area contributed by atoms with E-state index in [4.69, 9.17) is 0 Å². The number of carbonyl (C=O) groups is 2. The number of Topliss-reactive ketones (excluding diaryl/α,β-unsaturated/α-hetero) is 1. The molecule has 34 heavy (non-hydrogen) atoms. The number of nitrogens with zero attached hydrogens (tertiary/aromatic N) is 4. The average Bonchev–Trinajstić information content (AvgIpc) is 3.37. The summed E-state index contributed by atoms with van der Waals surface area (Å²) < 4.78 is 0.495. The van der Waals surface area contributed by atoms with Gasteiger partial charge < -0.3 is 5.11 Å². The van der Waals surface area contributed by atoms with Gasteiger partial charge in [-0.05, 0) is 24.6 Å². The van der Waals surface area contributed by atoms with Gasteiger partial charge in [0, 0.05) is 30.1 Å². The van der Waals surface area contributed by atoms with Gasteiger partial charge in [-0.2, -0.15) is 0 Å². The van der Waals surface area contributed by atoms with Gasteiger partial charge in [0.2, 0.25) is 0 Å². The highest BCUT2D eigenvalue weighted by molar-refractivity contribution is 7.22. The largest absolute Gasteiger partial charge is 0.507 e. The van der Waals surface area contributed by atoms with Gasteiger partial charge in [-0.3, -0.25) is 29.6 Å². The number of hydrogen-bond donors (Lipinski definition) is 1. The number of non-ortho nitro benzene ring substituents is 1. The highest BCUT2D eigenvalue weighted by Crippen LogP contribution is 2.44. The zero-order valence-electron chi connectivity index (χ0n) is 17.7. The van der Waals surface area contributed by atoms with Crippen LogP contribution in [-0.4, -0.2) is 31.7 Å². The van der Waals surface area contributed by atoms with E-state index in [-0.39, 0.29) is 22.2 Å². The fourth-order valence-corrected chi connectivity index (χ4v) is 4.89. The molecule has 3 heterocycles. The van der Waals surface area contributed by atoms with Crippen LogP contribution in [0.3, 0.4) is 0 Å². The summed E-state index contributed by atoms with van der Waals surface area (Å²) in [7, 11) is 0. The number of pyridine rings is 1. The molecule has 4 aromatic rings. The Labute approximate surface area is 196 Å². The maximum atomic E-state index is 13.2. The minimum atomic E-state index is -0.967. The van der Waals surface area contributed by atoms with Crippen molar-refractivity contribution >= 4 is 49.8 Å². The molecule has 1 N–H and O–H groups in total. The number of aromatic nitrogens is 2. The fraction of sp³-hybridized carbons (Fsp3) is 0.0833. The summed E-state index contributed by atoms with van der Waals surface area (Å²) in [6.07, 6.45) is 3.08. The Morgan fingerprint density at radius 1 is 1.15 bits per heavy atom. The molecule has 9 nitrogen and oxygen atoms in total. The Morgan fingerprint density at radius 3 is 2.59 bits per heavy atom. The fourth-order valence-electron chi connectivity index (χ4n) is 3.87. The maximum absolute atomic E-state index is 13.2. The van der Waals surface area contributed by atoms with Crippen molar-refractivity contribution in [2.24, 2.45) is 0 Å². The number of aliphatic hydroxyl groups excluding tert-OH is 1. The van der Waals surface area contributed by atoms with E-state index in [1.54, 1.807) is 42.6 Å². The third-order valence-corrected chi connectivity index (χ3v) is 6.56. The van der Waals surface area contributed by atoms with E-state index in [2.05, 4.69) is 9.97 Å². The molecule has 168 valence electrons. The van der Waals surface area contributed by atoms with E-state index in [1.807, 2.05) is 6.92 Å². The van der Waals surface area contributed by atoms with Crippen LogP contribution in [0.1, 0.15) is 22.7 Å². The molecule has 1 amide bonds. The van der Waals surface area contributed by atoms with E-state index in [0.717, 1.165) is 16.9 Å². The quantitative estimate of drug-likeness (QED) is 0.152. The minimum Gasteiger partial charge on any atom is -0.507 e. The second-order valence-corrected chi connectivity index (χ2v) is 8.74. The first-order valence-electron chi connectivity index (χ1n) is 10.2. The number of anilines is 1. The summed E-state index contributed by atoms with van der Waals surface area (Å²) in [6, 6.07) is 13.6. The zero-order valence-corrected chi connectivity index (χ0v) is 18.5. The molecule has 0 bridgehead atoms. The molecule has 0 saturated carbocycles. The number of ketones is 1. The van der Waals surface area contributed by atoms with Crippen LogP contribution < -0.4 is 4.90 Å². The summed E-state index contributed by atoms with van der Waals surface area (Å²) >= 11 is 1.05. The van der Waals surface area contributed by atoms with Crippen molar-refractivity contribution < 1.29 is 19.6 Å². The van der Waals surface area contributed by atoms with Crippen LogP contribution in [0.25, 0.3) is 16.0 Å². The Hall–Kier alpha value is -4.44. The van der Waals surface area contributed by atoms with Crippen LogP contribution in [0.4, 0.5) is 10.8 Å². The first-order valence-corrected chi connectivity index (χ1v) is 11.0. The molecule has 1 saturated heterocycles. The lowest BCUT2D eigenvalue weighted by molar-refractivity contribution is -0.384. The number of benzene rings is 2. The maximum Gasteiger partial charge on any atom is 0.301 e. The molecule has 1 fully saturated rings. The van der Waals surface area contributed by atoms with Gasteiger partial charge in [0.15, 0.2) is 5.13 Å². The van der Waals surface area contributed by atoms with Crippen LogP contribution >= 0.6 is 11.3 Å². The predicted molar refractivity (Wildman–Crippen MR) is 126 cm³/mol. The number of aliphatic hydroxyl groups is 1. The molecule has 10 heteroatoms. The van der Waals surface area contributed by atoms with E-state index in [1.165, 1.54) is 29.3 Å². The summed E-state index contributed by atoms with van der Waals surface area (Å²) in [6.45, 7) is 1.90. The number of thiazole rings is 1. The van der Waals surface area contributed by atoms with Crippen LogP contribution in [-0.2, 0) is 9.59 Å². The third-order valence-electron chi connectivity index (χ3n) is 5.55. The lowest BCUT2D eigenvalue weighted by Gasteiger charge is -2.22. The summed E-state index contributed by atoms with van der Waals surface area (Å²) in [5.74, 6) is -2.00. The predicted octanol–water partition coefficient (Wildman–Crippen LogP) is 4.53. The molecule has 1 aliphatic rings. The number of carbonyl (C=O) groups excluding carboxylic acids is 2. The number of rotatable bonds is 4. The molecule has 5 rings (SSSR count). The van der Waals surface area contributed by atoms with Gasteiger partial charge in [-0.1, -0.05) is 47.2 Å². The molecular weight excluding hydrogens is 456 g/mol. The van der Waals surface area contributed by atoms with Gasteiger partial charge in [0.05, 0.1) is 26.8 Å². The molecular formula is C24H16N4O5S. The van der Waals surface area contributed by atoms with Crippen molar-refractivity contribution in [3.8, 4) is 0 Å². The Balaban J connectivity index is 1.70. The first-order chi connectivity index (χ1) is 16.3. The van der Waals surface area contributed by atoms with Crippen molar-refractivity contribution in [2.45, 2.75) is 13.0 Å². The van der Waals surface area contributed by atoms with E-state index in [9.17, 15) is 24.8 Å². The van der Waals surface area contributed by atoms with Crippen LogP contribution in [0.2, 0.25) is 0 Å². The number of fused-ring (bicyclic) bond motifs is 1. The van der Waals surface area contributed by atoms with Gasteiger partial charge in [0.1, 0.15) is 5.76 Å². The normalized spacial score (nSPS) is 17.4. The van der Waals surface area contributed by atoms with Gasteiger partial charge >= 0.3 is 5.91 Å².